The smallest absolute Gasteiger partial charge is 0.248 e. The molecule has 1 N–H and O–H groups in total. The van der Waals surface area contributed by atoms with Gasteiger partial charge in [-0.25, -0.2) is 0 Å². The summed E-state index contributed by atoms with van der Waals surface area (Å²) in [5.74, 6) is 0.550. The van der Waals surface area contributed by atoms with E-state index in [1.54, 1.807) is 30.3 Å². The summed E-state index contributed by atoms with van der Waals surface area (Å²) in [4.78, 5) is 23.5. The van der Waals surface area contributed by atoms with Crippen molar-refractivity contribution in [3.05, 3.63) is 77.4 Å². The summed E-state index contributed by atoms with van der Waals surface area (Å²) in [6.07, 6.45) is 5.12. The van der Waals surface area contributed by atoms with Crippen LogP contribution in [0.2, 0.25) is 0 Å². The second-order valence-corrected chi connectivity index (χ2v) is 5.90. The normalized spacial score (nSPS) is 15.9. The molecule has 0 radical (unpaired) electrons. The van der Waals surface area contributed by atoms with Crippen molar-refractivity contribution in [3.8, 4) is 5.75 Å². The number of para-hydroxylation sites is 1. The highest BCUT2D eigenvalue weighted by Crippen LogP contribution is 2.29. The Morgan fingerprint density at radius 3 is 2.72 bits per heavy atom. The maximum atomic E-state index is 12.1. The highest BCUT2D eigenvalue weighted by molar-refractivity contribution is 6.01. The van der Waals surface area contributed by atoms with Crippen molar-refractivity contribution in [2.75, 3.05) is 5.32 Å². The number of carbonyl (C=O) groups excluding carboxylic acids is 2. The third-order valence-corrected chi connectivity index (χ3v) is 3.98. The van der Waals surface area contributed by atoms with Crippen LogP contribution >= 0.6 is 0 Å². The Kier molecular flexibility index (Phi) is 4.80. The number of ether oxygens (including phenoxy) is 1. The average Bonchev–Trinajstić information content (AvgIpc) is 2.60. The predicted molar refractivity (Wildman–Crippen MR) is 98.7 cm³/mol. The number of ketones is 1. The van der Waals surface area contributed by atoms with E-state index in [0.29, 0.717) is 11.3 Å². The number of nitrogens with one attached hydrogen (secondary N) is 1. The summed E-state index contributed by atoms with van der Waals surface area (Å²) in [6.45, 7) is 3.44. The monoisotopic (exact) mass is 333 g/mol. The van der Waals surface area contributed by atoms with Crippen LogP contribution in [0.15, 0.2) is 66.3 Å². The number of benzene rings is 2. The van der Waals surface area contributed by atoms with Gasteiger partial charge < -0.3 is 10.1 Å². The fourth-order valence-electron chi connectivity index (χ4n) is 2.62. The van der Waals surface area contributed by atoms with Gasteiger partial charge in [0.2, 0.25) is 5.91 Å². The van der Waals surface area contributed by atoms with E-state index in [2.05, 4.69) is 5.32 Å². The van der Waals surface area contributed by atoms with E-state index in [4.69, 9.17) is 4.74 Å². The summed E-state index contributed by atoms with van der Waals surface area (Å²) < 4.78 is 5.85. The van der Waals surface area contributed by atoms with Crippen molar-refractivity contribution in [2.24, 2.45) is 0 Å². The molecule has 0 saturated heterocycles. The number of hydrogen-bond donors (Lipinski definition) is 1. The van der Waals surface area contributed by atoms with Crippen molar-refractivity contribution in [3.63, 3.8) is 0 Å². The van der Waals surface area contributed by atoms with Crippen LogP contribution in [0.25, 0.3) is 6.08 Å². The van der Waals surface area contributed by atoms with E-state index in [9.17, 15) is 9.59 Å². The van der Waals surface area contributed by atoms with Crippen molar-refractivity contribution in [2.45, 2.75) is 20.0 Å². The minimum Gasteiger partial charge on any atom is -0.485 e. The number of fused-ring (bicyclic) bond motifs is 1. The lowest BCUT2D eigenvalue weighted by Gasteiger charge is -2.22. The van der Waals surface area contributed by atoms with Crippen molar-refractivity contribution in [1.82, 2.24) is 0 Å². The maximum absolute atomic E-state index is 12.1. The van der Waals surface area contributed by atoms with Gasteiger partial charge in [0.1, 0.15) is 11.9 Å². The molecule has 1 heterocycles. The molecule has 2 aromatic rings. The third-order valence-electron chi connectivity index (χ3n) is 3.98. The van der Waals surface area contributed by atoms with Crippen LogP contribution in [0, 0.1) is 0 Å². The maximum Gasteiger partial charge on any atom is 0.248 e. The molecule has 0 aromatic heterocycles. The molecular weight excluding hydrogens is 314 g/mol. The van der Waals surface area contributed by atoms with Crippen LogP contribution < -0.4 is 10.1 Å². The van der Waals surface area contributed by atoms with Crippen molar-refractivity contribution in [1.29, 1.82) is 0 Å². The first-order valence-corrected chi connectivity index (χ1v) is 8.10. The van der Waals surface area contributed by atoms with Gasteiger partial charge in [-0.05, 0) is 49.8 Å². The van der Waals surface area contributed by atoms with Crippen LogP contribution in [0.5, 0.6) is 5.75 Å². The van der Waals surface area contributed by atoms with Crippen LogP contribution in [-0.2, 0) is 4.79 Å². The van der Waals surface area contributed by atoms with Gasteiger partial charge >= 0.3 is 0 Å². The summed E-state index contributed by atoms with van der Waals surface area (Å²) in [7, 11) is 0. The molecule has 1 amide bonds. The summed E-state index contributed by atoms with van der Waals surface area (Å²) in [5, 5.41) is 2.76. The molecular formula is C21H19NO3. The zero-order valence-corrected chi connectivity index (χ0v) is 14.2. The number of Topliss-reactive ketones (excluding diaryl/α,β-unsaturated/α-hetero) is 1. The SMILES string of the molecule is CC(=O)c1cccc(NC(=O)/C=C/C2=Cc3ccccc3OC2C)c1. The van der Waals surface area contributed by atoms with Crippen LogP contribution in [0.3, 0.4) is 0 Å². The Labute approximate surface area is 146 Å². The first-order valence-electron chi connectivity index (χ1n) is 8.10. The van der Waals surface area contributed by atoms with Gasteiger partial charge in [0.05, 0.1) is 0 Å². The zero-order chi connectivity index (χ0) is 17.8. The largest absolute Gasteiger partial charge is 0.485 e. The lowest BCUT2D eigenvalue weighted by molar-refractivity contribution is -0.111. The zero-order valence-electron chi connectivity index (χ0n) is 14.2. The Morgan fingerprint density at radius 2 is 1.92 bits per heavy atom. The predicted octanol–water partition coefficient (Wildman–Crippen LogP) is 4.25. The highest BCUT2D eigenvalue weighted by atomic mass is 16.5. The number of hydrogen-bond acceptors (Lipinski definition) is 3. The fourth-order valence-corrected chi connectivity index (χ4v) is 2.62. The van der Waals surface area contributed by atoms with Gasteiger partial charge in [-0.2, -0.15) is 0 Å². The van der Waals surface area contributed by atoms with Crippen LogP contribution in [-0.4, -0.2) is 17.8 Å². The number of rotatable bonds is 4. The van der Waals surface area contributed by atoms with E-state index in [1.165, 1.54) is 13.0 Å². The molecule has 1 atom stereocenters. The molecule has 4 nitrogen and oxygen atoms in total. The molecule has 3 rings (SSSR count). The summed E-state index contributed by atoms with van der Waals surface area (Å²) >= 11 is 0. The van der Waals surface area contributed by atoms with Gasteiger partial charge in [0.25, 0.3) is 0 Å². The van der Waals surface area contributed by atoms with Gasteiger partial charge in [0.15, 0.2) is 5.78 Å². The van der Waals surface area contributed by atoms with E-state index < -0.39 is 0 Å². The van der Waals surface area contributed by atoms with E-state index in [1.807, 2.05) is 37.3 Å². The molecule has 4 heteroatoms. The first kappa shape index (κ1) is 16.7. The summed E-state index contributed by atoms with van der Waals surface area (Å²) in [6, 6.07) is 14.7. The standard InChI is InChI=1S/C21H19NO3/c1-14(23)16-7-5-8-19(13-16)22-21(24)11-10-17-12-18-6-3-4-9-20(18)25-15(17)2/h3-13,15H,1-2H3,(H,22,24)/b11-10+. The summed E-state index contributed by atoms with van der Waals surface area (Å²) in [5.41, 5.74) is 3.08. The van der Waals surface area contributed by atoms with E-state index in [-0.39, 0.29) is 17.8 Å². The fraction of sp³-hybridized carbons (Fsp3) is 0.143. The van der Waals surface area contributed by atoms with Gasteiger partial charge in [0, 0.05) is 22.9 Å². The van der Waals surface area contributed by atoms with Crippen LogP contribution in [0.4, 0.5) is 5.69 Å². The second-order valence-electron chi connectivity index (χ2n) is 5.90. The molecule has 2 aromatic carbocycles. The molecule has 1 aliphatic rings. The second kappa shape index (κ2) is 7.18. The molecule has 0 spiro atoms. The highest BCUT2D eigenvalue weighted by Gasteiger charge is 2.16. The molecule has 1 unspecified atom stereocenters. The lowest BCUT2D eigenvalue weighted by Crippen LogP contribution is -2.18. The minimum absolute atomic E-state index is 0.0383. The van der Waals surface area contributed by atoms with Gasteiger partial charge in [-0.15, -0.1) is 0 Å². The third kappa shape index (κ3) is 4.04. The molecule has 0 fully saturated rings. The van der Waals surface area contributed by atoms with Gasteiger partial charge in [-0.3, -0.25) is 9.59 Å². The molecule has 0 saturated carbocycles. The molecule has 0 aliphatic carbocycles. The Hall–Kier alpha value is -3.14. The van der Waals surface area contributed by atoms with Gasteiger partial charge in [-0.1, -0.05) is 30.3 Å². The van der Waals surface area contributed by atoms with Crippen molar-refractivity contribution >= 4 is 23.5 Å². The average molecular weight is 333 g/mol. The first-order chi connectivity index (χ1) is 12.0. The van der Waals surface area contributed by atoms with E-state index >= 15 is 0 Å². The van der Waals surface area contributed by atoms with Crippen LogP contribution in [0.1, 0.15) is 29.8 Å². The Balaban J connectivity index is 1.72. The molecule has 0 bridgehead atoms. The molecule has 1 aliphatic heterocycles. The topological polar surface area (TPSA) is 55.4 Å². The lowest BCUT2D eigenvalue weighted by atomic mass is 10.0. The van der Waals surface area contributed by atoms with E-state index in [0.717, 1.165) is 16.9 Å². The Bertz CT molecular complexity index is 880. The Morgan fingerprint density at radius 1 is 1.12 bits per heavy atom. The number of amides is 1. The number of anilines is 1. The number of carbonyl (C=O) groups is 2. The molecule has 25 heavy (non-hydrogen) atoms. The quantitative estimate of drug-likeness (QED) is 0.672. The minimum atomic E-state index is -0.257. The van der Waals surface area contributed by atoms with Crippen molar-refractivity contribution < 1.29 is 14.3 Å². The molecule has 126 valence electrons.